The third kappa shape index (κ3) is 3.96. The van der Waals surface area contributed by atoms with Gasteiger partial charge in [-0.25, -0.2) is 0 Å². The molecule has 0 radical (unpaired) electrons. The zero-order valence-corrected chi connectivity index (χ0v) is 14.3. The first-order valence-corrected chi connectivity index (χ1v) is 8.18. The summed E-state index contributed by atoms with van der Waals surface area (Å²) in [5.74, 6) is -0.118. The maximum Gasteiger partial charge on any atom is 0.276 e. The number of hydrogen-bond acceptors (Lipinski definition) is 4. The van der Waals surface area contributed by atoms with Crippen molar-refractivity contribution in [1.29, 1.82) is 0 Å². The topological polar surface area (TPSA) is 80.3 Å². The fourth-order valence-electron chi connectivity index (χ4n) is 2.97. The highest BCUT2D eigenvalue weighted by Gasteiger charge is 2.39. The Balaban J connectivity index is 1.47. The molecular formula is C19H21N3O3. The van der Waals surface area contributed by atoms with Crippen molar-refractivity contribution in [3.8, 4) is 5.75 Å². The average Bonchev–Trinajstić information content (AvgIpc) is 2.96. The second-order valence-corrected chi connectivity index (χ2v) is 6.61. The maximum atomic E-state index is 12.5. The molecule has 2 N–H and O–H groups in total. The largest absolute Gasteiger partial charge is 0.482 e. The van der Waals surface area contributed by atoms with E-state index in [0.29, 0.717) is 18.6 Å². The van der Waals surface area contributed by atoms with Gasteiger partial charge in [-0.05, 0) is 43.0 Å². The molecule has 0 aliphatic heterocycles. The van der Waals surface area contributed by atoms with Crippen molar-refractivity contribution in [2.75, 3.05) is 6.61 Å². The van der Waals surface area contributed by atoms with Crippen LogP contribution in [0, 0.1) is 12.3 Å². The SMILES string of the molecule is Cc1ccc(OCC(=O)NNC(=O)C2(C)Cc3ccccc3C2)cn1. The number of hydrogen-bond donors (Lipinski definition) is 2. The number of nitrogens with zero attached hydrogens (tertiary/aromatic N) is 1. The summed E-state index contributed by atoms with van der Waals surface area (Å²) in [4.78, 5) is 28.4. The summed E-state index contributed by atoms with van der Waals surface area (Å²) in [7, 11) is 0. The minimum atomic E-state index is -0.557. The van der Waals surface area contributed by atoms with Crippen molar-refractivity contribution < 1.29 is 14.3 Å². The Labute approximate surface area is 146 Å². The molecule has 2 aromatic rings. The van der Waals surface area contributed by atoms with Crippen molar-refractivity contribution in [3.05, 3.63) is 59.4 Å². The number of carbonyl (C=O) groups excluding carboxylic acids is 2. The van der Waals surface area contributed by atoms with Crippen molar-refractivity contribution in [1.82, 2.24) is 15.8 Å². The van der Waals surface area contributed by atoms with Gasteiger partial charge in [0.15, 0.2) is 6.61 Å². The predicted octanol–water partition coefficient (Wildman–Crippen LogP) is 1.72. The standard InChI is InChI=1S/C19H21N3O3/c1-13-7-8-16(11-20-13)25-12-17(23)21-22-18(24)19(2)9-14-5-3-4-6-15(14)10-19/h3-8,11H,9-10,12H2,1-2H3,(H,21,23)(H,22,24). The van der Waals surface area contributed by atoms with E-state index in [2.05, 4.69) is 15.8 Å². The summed E-state index contributed by atoms with van der Waals surface area (Å²) >= 11 is 0. The van der Waals surface area contributed by atoms with Gasteiger partial charge in [0, 0.05) is 5.69 Å². The second kappa shape index (κ2) is 6.93. The summed E-state index contributed by atoms with van der Waals surface area (Å²) in [5.41, 5.74) is 7.60. The number of amides is 2. The van der Waals surface area contributed by atoms with Crippen molar-refractivity contribution >= 4 is 11.8 Å². The fourth-order valence-corrected chi connectivity index (χ4v) is 2.97. The van der Waals surface area contributed by atoms with Crippen LogP contribution in [0.3, 0.4) is 0 Å². The molecule has 2 amide bonds. The number of rotatable bonds is 4. The van der Waals surface area contributed by atoms with Gasteiger partial charge in [-0.15, -0.1) is 0 Å². The highest BCUT2D eigenvalue weighted by atomic mass is 16.5. The lowest BCUT2D eigenvalue weighted by Gasteiger charge is -2.22. The van der Waals surface area contributed by atoms with Gasteiger partial charge >= 0.3 is 0 Å². The molecule has 3 rings (SSSR count). The Morgan fingerprint density at radius 3 is 2.40 bits per heavy atom. The van der Waals surface area contributed by atoms with Crippen molar-refractivity contribution in [2.24, 2.45) is 5.41 Å². The molecule has 1 aliphatic carbocycles. The molecule has 0 atom stereocenters. The number of aromatic nitrogens is 1. The van der Waals surface area contributed by atoms with Crippen LogP contribution in [0.2, 0.25) is 0 Å². The van der Waals surface area contributed by atoms with Crippen LogP contribution >= 0.6 is 0 Å². The van der Waals surface area contributed by atoms with E-state index in [-0.39, 0.29) is 12.5 Å². The maximum absolute atomic E-state index is 12.5. The lowest BCUT2D eigenvalue weighted by molar-refractivity contribution is -0.135. The molecule has 1 aliphatic rings. The lowest BCUT2D eigenvalue weighted by atomic mass is 9.86. The Morgan fingerprint density at radius 1 is 1.12 bits per heavy atom. The minimum Gasteiger partial charge on any atom is -0.482 e. The Hall–Kier alpha value is -2.89. The average molecular weight is 339 g/mol. The number of pyridine rings is 1. The van der Waals surface area contributed by atoms with Gasteiger partial charge in [0.1, 0.15) is 5.75 Å². The Morgan fingerprint density at radius 2 is 1.80 bits per heavy atom. The first-order valence-electron chi connectivity index (χ1n) is 8.18. The van der Waals surface area contributed by atoms with Crippen LogP contribution < -0.4 is 15.6 Å². The summed E-state index contributed by atoms with van der Waals surface area (Å²) in [6, 6.07) is 11.6. The van der Waals surface area contributed by atoms with E-state index in [1.165, 1.54) is 11.1 Å². The van der Waals surface area contributed by atoms with E-state index < -0.39 is 11.3 Å². The predicted molar refractivity (Wildman–Crippen MR) is 92.7 cm³/mol. The molecule has 0 saturated carbocycles. The van der Waals surface area contributed by atoms with Crippen molar-refractivity contribution in [2.45, 2.75) is 26.7 Å². The van der Waals surface area contributed by atoms with Crippen LogP contribution in [-0.4, -0.2) is 23.4 Å². The molecular weight excluding hydrogens is 318 g/mol. The van der Waals surface area contributed by atoms with E-state index in [1.54, 1.807) is 18.3 Å². The van der Waals surface area contributed by atoms with Gasteiger partial charge in [-0.1, -0.05) is 31.2 Å². The van der Waals surface area contributed by atoms with Gasteiger partial charge < -0.3 is 4.74 Å². The zero-order valence-electron chi connectivity index (χ0n) is 14.3. The highest BCUT2D eigenvalue weighted by Crippen LogP contribution is 2.36. The summed E-state index contributed by atoms with van der Waals surface area (Å²) < 4.78 is 5.33. The van der Waals surface area contributed by atoms with E-state index >= 15 is 0 Å². The highest BCUT2D eigenvalue weighted by molar-refractivity contribution is 5.87. The molecule has 1 aromatic carbocycles. The molecule has 6 nitrogen and oxygen atoms in total. The molecule has 0 unspecified atom stereocenters. The van der Waals surface area contributed by atoms with Crippen LogP contribution in [0.4, 0.5) is 0 Å². The number of fused-ring (bicyclic) bond motifs is 1. The molecule has 1 aromatic heterocycles. The van der Waals surface area contributed by atoms with E-state index in [4.69, 9.17) is 4.74 Å². The quantitative estimate of drug-likeness (QED) is 0.831. The lowest BCUT2D eigenvalue weighted by Crippen LogP contribution is -2.50. The number of aryl methyl sites for hydroxylation is 1. The van der Waals surface area contributed by atoms with E-state index in [0.717, 1.165) is 5.69 Å². The molecule has 25 heavy (non-hydrogen) atoms. The minimum absolute atomic E-state index is 0.192. The Kier molecular flexibility index (Phi) is 4.70. The van der Waals surface area contributed by atoms with Crippen LogP contribution in [0.15, 0.2) is 42.6 Å². The molecule has 0 fully saturated rings. The number of hydrazine groups is 1. The molecule has 130 valence electrons. The van der Waals surface area contributed by atoms with Gasteiger partial charge in [0.25, 0.3) is 5.91 Å². The molecule has 0 bridgehead atoms. The van der Waals surface area contributed by atoms with Crippen LogP contribution in [0.25, 0.3) is 0 Å². The summed E-state index contributed by atoms with van der Waals surface area (Å²) in [6.07, 6.45) is 2.88. The van der Waals surface area contributed by atoms with Crippen molar-refractivity contribution in [3.63, 3.8) is 0 Å². The van der Waals surface area contributed by atoms with Crippen LogP contribution in [0.1, 0.15) is 23.7 Å². The third-order valence-corrected chi connectivity index (χ3v) is 4.40. The van der Waals surface area contributed by atoms with Crippen LogP contribution in [0.5, 0.6) is 5.75 Å². The van der Waals surface area contributed by atoms with E-state index in [1.807, 2.05) is 38.1 Å². The smallest absolute Gasteiger partial charge is 0.276 e. The second-order valence-electron chi connectivity index (χ2n) is 6.61. The molecule has 6 heteroatoms. The number of ether oxygens (including phenoxy) is 1. The number of nitrogens with one attached hydrogen (secondary N) is 2. The number of benzene rings is 1. The summed E-state index contributed by atoms with van der Waals surface area (Å²) in [6.45, 7) is 3.58. The zero-order chi connectivity index (χ0) is 17.9. The van der Waals surface area contributed by atoms with Gasteiger partial charge in [-0.3, -0.25) is 25.4 Å². The first-order chi connectivity index (χ1) is 12.0. The Bertz CT molecular complexity index is 762. The van der Waals surface area contributed by atoms with Crippen LogP contribution in [-0.2, 0) is 22.4 Å². The third-order valence-electron chi connectivity index (χ3n) is 4.40. The van der Waals surface area contributed by atoms with Gasteiger partial charge in [-0.2, -0.15) is 0 Å². The van der Waals surface area contributed by atoms with Gasteiger partial charge in [0.05, 0.1) is 11.6 Å². The monoisotopic (exact) mass is 339 g/mol. The molecule has 0 saturated heterocycles. The normalized spacial score (nSPS) is 14.5. The number of carbonyl (C=O) groups is 2. The summed E-state index contributed by atoms with van der Waals surface area (Å²) in [5, 5.41) is 0. The fraction of sp³-hybridized carbons (Fsp3) is 0.316. The molecule has 0 spiro atoms. The first kappa shape index (κ1) is 17.0. The molecule has 1 heterocycles. The van der Waals surface area contributed by atoms with Gasteiger partial charge in [0.2, 0.25) is 5.91 Å². The van der Waals surface area contributed by atoms with E-state index in [9.17, 15) is 9.59 Å².